The third kappa shape index (κ3) is 3.57. The van der Waals surface area contributed by atoms with Crippen molar-refractivity contribution in [1.82, 2.24) is 15.0 Å². The van der Waals surface area contributed by atoms with Gasteiger partial charge < -0.3 is 14.2 Å². The maximum Gasteiger partial charge on any atom is 0.257 e. The summed E-state index contributed by atoms with van der Waals surface area (Å²) in [6.45, 7) is 0.623. The molecule has 1 aliphatic heterocycles. The summed E-state index contributed by atoms with van der Waals surface area (Å²) in [6.07, 6.45) is 2.00. The second-order valence-electron chi connectivity index (χ2n) is 7.33. The Bertz CT molecular complexity index is 1060. The van der Waals surface area contributed by atoms with Crippen LogP contribution in [0.5, 0.6) is 5.75 Å². The fourth-order valence-corrected chi connectivity index (χ4v) is 3.23. The molecule has 1 aromatic heterocycles. The lowest BCUT2D eigenvalue weighted by molar-refractivity contribution is 0.0174. The molecule has 8 heteroatoms. The van der Waals surface area contributed by atoms with Crippen molar-refractivity contribution < 1.29 is 22.8 Å². The molecule has 0 unspecified atom stereocenters. The van der Waals surface area contributed by atoms with Crippen molar-refractivity contribution in [3.8, 4) is 17.1 Å². The average Bonchev–Trinajstić information content (AvgIpc) is 3.43. The second-order valence-corrected chi connectivity index (χ2v) is 7.33. The summed E-state index contributed by atoms with van der Waals surface area (Å²) >= 11 is 0. The molecule has 5 rings (SSSR count). The van der Waals surface area contributed by atoms with Crippen LogP contribution in [0.3, 0.4) is 0 Å². The molecule has 2 heterocycles. The fraction of sp³-hybridized carbons (Fsp3) is 0.286. The van der Waals surface area contributed by atoms with Gasteiger partial charge in [-0.25, -0.2) is 8.78 Å². The van der Waals surface area contributed by atoms with E-state index in [4.69, 9.17) is 9.26 Å². The molecular weight excluding hydrogens is 380 g/mol. The molecule has 0 atom stereocenters. The first-order valence-corrected chi connectivity index (χ1v) is 9.42. The Labute approximate surface area is 165 Å². The zero-order valence-corrected chi connectivity index (χ0v) is 15.3. The molecule has 3 aromatic rings. The van der Waals surface area contributed by atoms with Crippen LogP contribution in [0.15, 0.2) is 47.0 Å². The Balaban J connectivity index is 1.18. The van der Waals surface area contributed by atoms with Gasteiger partial charge in [-0.3, -0.25) is 4.79 Å². The van der Waals surface area contributed by atoms with Crippen molar-refractivity contribution in [2.75, 3.05) is 13.1 Å². The summed E-state index contributed by atoms with van der Waals surface area (Å²) in [5.74, 6) is 0.375. The molecule has 148 valence electrons. The smallest absolute Gasteiger partial charge is 0.257 e. The SMILES string of the molecule is O=C(c1cc(F)ccc1F)N1CC(Oc2ccc(-c3noc(C4CC4)n3)cc2)C1. The van der Waals surface area contributed by atoms with Gasteiger partial charge in [0, 0.05) is 11.5 Å². The molecule has 1 aliphatic carbocycles. The number of hydrogen-bond donors (Lipinski definition) is 0. The van der Waals surface area contributed by atoms with E-state index in [0.717, 1.165) is 36.6 Å². The van der Waals surface area contributed by atoms with Crippen LogP contribution in [0, 0.1) is 11.6 Å². The number of likely N-dealkylation sites (tertiary alicyclic amines) is 1. The number of ether oxygens (including phenoxy) is 1. The minimum absolute atomic E-state index is 0.201. The highest BCUT2D eigenvalue weighted by Gasteiger charge is 2.34. The van der Waals surface area contributed by atoms with Crippen LogP contribution in [0.25, 0.3) is 11.4 Å². The number of hydrogen-bond acceptors (Lipinski definition) is 5. The van der Waals surface area contributed by atoms with Crippen LogP contribution in [-0.2, 0) is 0 Å². The maximum absolute atomic E-state index is 13.7. The van der Waals surface area contributed by atoms with Crippen LogP contribution >= 0.6 is 0 Å². The summed E-state index contributed by atoms with van der Waals surface area (Å²) in [5.41, 5.74) is 0.568. The van der Waals surface area contributed by atoms with Gasteiger partial charge in [0.1, 0.15) is 23.5 Å². The number of carbonyl (C=O) groups excluding carboxylic acids is 1. The molecule has 1 saturated carbocycles. The lowest BCUT2D eigenvalue weighted by Crippen LogP contribution is -2.56. The van der Waals surface area contributed by atoms with Gasteiger partial charge in [0.2, 0.25) is 11.7 Å². The maximum atomic E-state index is 13.7. The summed E-state index contributed by atoms with van der Waals surface area (Å²) in [4.78, 5) is 18.1. The zero-order chi connectivity index (χ0) is 20.0. The molecule has 0 bridgehead atoms. The first kappa shape index (κ1) is 17.8. The van der Waals surface area contributed by atoms with E-state index in [1.807, 2.05) is 12.1 Å². The van der Waals surface area contributed by atoms with Crippen LogP contribution in [-0.4, -0.2) is 40.1 Å². The second kappa shape index (κ2) is 6.95. The van der Waals surface area contributed by atoms with Crippen molar-refractivity contribution in [3.05, 3.63) is 65.6 Å². The number of benzene rings is 2. The molecule has 0 spiro atoms. The van der Waals surface area contributed by atoms with E-state index in [-0.39, 0.29) is 11.7 Å². The van der Waals surface area contributed by atoms with E-state index in [0.29, 0.717) is 36.5 Å². The number of rotatable bonds is 5. The Hall–Kier alpha value is -3.29. The fourth-order valence-electron chi connectivity index (χ4n) is 3.23. The Morgan fingerprint density at radius 1 is 1.10 bits per heavy atom. The summed E-state index contributed by atoms with van der Waals surface area (Å²) in [6, 6.07) is 10.2. The zero-order valence-electron chi connectivity index (χ0n) is 15.3. The molecule has 0 N–H and O–H groups in total. The minimum atomic E-state index is -0.734. The van der Waals surface area contributed by atoms with Gasteiger partial charge in [0.15, 0.2) is 0 Å². The van der Waals surface area contributed by atoms with Gasteiger partial charge in [-0.15, -0.1) is 0 Å². The van der Waals surface area contributed by atoms with E-state index >= 15 is 0 Å². The Morgan fingerprint density at radius 2 is 1.86 bits per heavy atom. The molecule has 2 aliphatic rings. The van der Waals surface area contributed by atoms with Gasteiger partial charge in [0.05, 0.1) is 18.7 Å². The third-order valence-corrected chi connectivity index (χ3v) is 5.08. The van der Waals surface area contributed by atoms with Crippen molar-refractivity contribution in [2.45, 2.75) is 24.9 Å². The monoisotopic (exact) mass is 397 g/mol. The van der Waals surface area contributed by atoms with Crippen molar-refractivity contribution in [2.24, 2.45) is 0 Å². The van der Waals surface area contributed by atoms with E-state index in [2.05, 4.69) is 10.1 Å². The van der Waals surface area contributed by atoms with E-state index in [1.54, 1.807) is 12.1 Å². The van der Waals surface area contributed by atoms with Crippen molar-refractivity contribution in [1.29, 1.82) is 0 Å². The van der Waals surface area contributed by atoms with E-state index in [9.17, 15) is 13.6 Å². The van der Waals surface area contributed by atoms with Crippen LogP contribution in [0.1, 0.15) is 35.0 Å². The summed E-state index contributed by atoms with van der Waals surface area (Å²) in [7, 11) is 0. The normalized spacial score (nSPS) is 16.6. The highest BCUT2D eigenvalue weighted by molar-refractivity contribution is 5.95. The Morgan fingerprint density at radius 3 is 2.59 bits per heavy atom. The van der Waals surface area contributed by atoms with Crippen molar-refractivity contribution in [3.63, 3.8) is 0 Å². The molecule has 6 nitrogen and oxygen atoms in total. The largest absolute Gasteiger partial charge is 0.487 e. The first-order chi connectivity index (χ1) is 14.1. The first-order valence-electron chi connectivity index (χ1n) is 9.42. The van der Waals surface area contributed by atoms with Crippen LogP contribution in [0.4, 0.5) is 8.78 Å². The summed E-state index contributed by atoms with van der Waals surface area (Å²) in [5, 5.41) is 4.01. The third-order valence-electron chi connectivity index (χ3n) is 5.08. The molecule has 29 heavy (non-hydrogen) atoms. The predicted octanol–water partition coefficient (Wildman–Crippen LogP) is 3.80. The quantitative estimate of drug-likeness (QED) is 0.655. The van der Waals surface area contributed by atoms with Gasteiger partial charge in [-0.05, 0) is 55.3 Å². The van der Waals surface area contributed by atoms with Crippen LogP contribution < -0.4 is 4.74 Å². The topological polar surface area (TPSA) is 68.5 Å². The minimum Gasteiger partial charge on any atom is -0.487 e. The number of carbonyl (C=O) groups is 1. The molecule has 0 radical (unpaired) electrons. The van der Waals surface area contributed by atoms with Crippen LogP contribution in [0.2, 0.25) is 0 Å². The molecule has 1 saturated heterocycles. The number of halogens is 2. The van der Waals surface area contributed by atoms with Gasteiger partial charge in [0.25, 0.3) is 5.91 Å². The molecule has 2 aromatic carbocycles. The average molecular weight is 397 g/mol. The molecule has 2 fully saturated rings. The molecule has 1 amide bonds. The van der Waals surface area contributed by atoms with E-state index < -0.39 is 17.5 Å². The highest BCUT2D eigenvalue weighted by Crippen LogP contribution is 2.39. The van der Waals surface area contributed by atoms with Gasteiger partial charge in [-0.2, -0.15) is 4.98 Å². The summed E-state index contributed by atoms with van der Waals surface area (Å²) < 4.78 is 38.1. The lowest BCUT2D eigenvalue weighted by Gasteiger charge is -2.39. The Kier molecular flexibility index (Phi) is 4.26. The predicted molar refractivity (Wildman–Crippen MR) is 98.4 cm³/mol. The van der Waals surface area contributed by atoms with Crippen molar-refractivity contribution >= 4 is 5.91 Å². The highest BCUT2D eigenvalue weighted by atomic mass is 19.1. The number of amides is 1. The number of nitrogens with zero attached hydrogens (tertiary/aromatic N) is 3. The molecular formula is C21H17F2N3O3. The number of aromatic nitrogens is 2. The lowest BCUT2D eigenvalue weighted by atomic mass is 10.1. The van der Waals surface area contributed by atoms with E-state index in [1.165, 1.54) is 4.90 Å². The van der Waals surface area contributed by atoms with Gasteiger partial charge in [-0.1, -0.05) is 5.16 Å². The standard InChI is InChI=1S/C21H17F2N3O3/c22-14-5-8-18(23)17(9-14)21(27)26-10-16(11-26)28-15-6-3-12(4-7-15)19-24-20(29-25-19)13-1-2-13/h3-9,13,16H,1-2,10-11H2. The van der Waals surface area contributed by atoms with Gasteiger partial charge >= 0.3 is 0 Å².